The zero-order valence-corrected chi connectivity index (χ0v) is 20.4. The number of aryl methyl sites for hydroxylation is 1. The first-order chi connectivity index (χ1) is 16.6. The van der Waals surface area contributed by atoms with E-state index in [1.165, 1.54) is 5.56 Å². The average molecular weight is 480 g/mol. The number of aliphatic hydroxyl groups is 2. The molecule has 2 aromatic rings. The van der Waals surface area contributed by atoms with Crippen molar-refractivity contribution in [1.29, 1.82) is 0 Å². The van der Waals surface area contributed by atoms with Crippen LogP contribution in [0.15, 0.2) is 29.3 Å². The van der Waals surface area contributed by atoms with Gasteiger partial charge in [0.2, 0.25) is 11.8 Å². The van der Waals surface area contributed by atoms with Gasteiger partial charge in [-0.2, -0.15) is 4.98 Å². The standard InChI is InChI=1S/C26H33N5O4/c1-14-28-23(27)21-24(29-14)35-26(2,3)22(30-21)17-8-4-15(5-9-17)16-6-10-18(11-7-16)25(34)31-12-19(32)20(33)13-31/h4-5,8-9,16,18-20,32-33H,6-7,10-13H2,1-3H3,(H2,27,28,29)/t16?,18?,19-,20+. The molecule has 2 aliphatic heterocycles. The Morgan fingerprint density at radius 3 is 2.31 bits per heavy atom. The fourth-order valence-electron chi connectivity index (χ4n) is 5.48. The molecule has 2 fully saturated rings. The average Bonchev–Trinajstić information content (AvgIpc) is 3.16. The van der Waals surface area contributed by atoms with Crippen molar-refractivity contribution in [2.24, 2.45) is 10.9 Å². The van der Waals surface area contributed by atoms with Crippen molar-refractivity contribution >= 4 is 23.1 Å². The Morgan fingerprint density at radius 2 is 1.69 bits per heavy atom. The maximum Gasteiger partial charge on any atom is 0.246 e. The van der Waals surface area contributed by atoms with Crippen LogP contribution in [0, 0.1) is 12.8 Å². The highest BCUT2D eigenvalue weighted by molar-refractivity contribution is 6.09. The van der Waals surface area contributed by atoms with E-state index < -0.39 is 17.8 Å². The van der Waals surface area contributed by atoms with E-state index in [4.69, 9.17) is 15.5 Å². The third-order valence-corrected chi connectivity index (χ3v) is 7.44. The van der Waals surface area contributed by atoms with Gasteiger partial charge in [0.15, 0.2) is 11.5 Å². The van der Waals surface area contributed by atoms with Gasteiger partial charge in [-0.25, -0.2) is 9.98 Å². The first kappa shape index (κ1) is 23.7. The lowest BCUT2D eigenvalue weighted by Crippen LogP contribution is -2.41. The number of aromatic nitrogens is 2. The molecule has 1 amide bonds. The van der Waals surface area contributed by atoms with E-state index >= 15 is 0 Å². The van der Waals surface area contributed by atoms with Gasteiger partial charge in [0.05, 0.1) is 17.9 Å². The van der Waals surface area contributed by atoms with Crippen molar-refractivity contribution in [2.45, 2.75) is 70.2 Å². The molecule has 1 aromatic heterocycles. The molecule has 0 bridgehead atoms. The van der Waals surface area contributed by atoms with Crippen LogP contribution in [0.5, 0.6) is 5.88 Å². The van der Waals surface area contributed by atoms with Crippen LogP contribution in [-0.4, -0.2) is 67.6 Å². The van der Waals surface area contributed by atoms with Crippen LogP contribution in [0.3, 0.4) is 0 Å². The summed E-state index contributed by atoms with van der Waals surface area (Å²) in [5, 5.41) is 19.5. The van der Waals surface area contributed by atoms with Gasteiger partial charge < -0.3 is 25.6 Å². The molecule has 3 heterocycles. The zero-order valence-electron chi connectivity index (χ0n) is 20.4. The van der Waals surface area contributed by atoms with Crippen molar-refractivity contribution in [1.82, 2.24) is 14.9 Å². The summed E-state index contributed by atoms with van der Waals surface area (Å²) in [6, 6.07) is 8.41. The Bertz CT molecular complexity index is 1150. The summed E-state index contributed by atoms with van der Waals surface area (Å²) in [6.45, 7) is 6.16. The lowest BCUT2D eigenvalue weighted by Gasteiger charge is -2.33. The summed E-state index contributed by atoms with van der Waals surface area (Å²) < 4.78 is 6.16. The molecule has 2 atom stereocenters. The second-order valence-electron chi connectivity index (χ2n) is 10.4. The highest BCUT2D eigenvalue weighted by Gasteiger charge is 2.38. The van der Waals surface area contributed by atoms with Crippen LogP contribution in [0.4, 0.5) is 11.5 Å². The molecule has 9 nitrogen and oxygen atoms in total. The molecule has 0 unspecified atom stereocenters. The van der Waals surface area contributed by atoms with Gasteiger partial charge in [0, 0.05) is 24.6 Å². The lowest BCUT2D eigenvalue weighted by molar-refractivity contribution is -0.136. The second kappa shape index (κ2) is 8.87. The molecule has 0 radical (unpaired) electrons. The number of aliphatic hydroxyl groups excluding tert-OH is 2. The predicted molar refractivity (Wildman–Crippen MR) is 132 cm³/mol. The van der Waals surface area contributed by atoms with Crippen molar-refractivity contribution < 1.29 is 19.7 Å². The Labute approximate surface area is 205 Å². The number of nitrogens with zero attached hydrogens (tertiary/aromatic N) is 4. The van der Waals surface area contributed by atoms with Crippen LogP contribution in [0.25, 0.3) is 0 Å². The summed E-state index contributed by atoms with van der Waals surface area (Å²) in [5.41, 5.74) is 8.87. The van der Waals surface area contributed by atoms with Gasteiger partial charge in [0.25, 0.3) is 0 Å². The maximum atomic E-state index is 12.8. The summed E-state index contributed by atoms with van der Waals surface area (Å²) >= 11 is 0. The van der Waals surface area contributed by atoms with Crippen molar-refractivity contribution in [3.05, 3.63) is 41.2 Å². The van der Waals surface area contributed by atoms with E-state index in [0.717, 1.165) is 37.0 Å². The molecule has 35 heavy (non-hydrogen) atoms. The first-order valence-corrected chi connectivity index (χ1v) is 12.3. The molecule has 4 N–H and O–H groups in total. The van der Waals surface area contributed by atoms with Crippen LogP contribution >= 0.6 is 0 Å². The summed E-state index contributed by atoms with van der Waals surface area (Å²) in [4.78, 5) is 27.8. The highest BCUT2D eigenvalue weighted by atomic mass is 16.5. The quantitative estimate of drug-likeness (QED) is 0.616. The van der Waals surface area contributed by atoms with Crippen molar-refractivity contribution in [3.8, 4) is 5.88 Å². The van der Waals surface area contributed by atoms with Gasteiger partial charge in [-0.3, -0.25) is 4.79 Å². The number of carbonyl (C=O) groups is 1. The van der Waals surface area contributed by atoms with E-state index in [1.54, 1.807) is 11.8 Å². The van der Waals surface area contributed by atoms with E-state index in [9.17, 15) is 15.0 Å². The number of fused-ring (bicyclic) bond motifs is 1. The van der Waals surface area contributed by atoms with Crippen molar-refractivity contribution in [3.63, 3.8) is 0 Å². The molecule has 1 saturated heterocycles. The first-order valence-electron chi connectivity index (χ1n) is 12.3. The molecule has 9 heteroatoms. The maximum absolute atomic E-state index is 12.8. The number of nitrogen functional groups attached to an aromatic ring is 1. The Hall–Kier alpha value is -3.04. The fourth-order valence-corrected chi connectivity index (χ4v) is 5.48. The monoisotopic (exact) mass is 479 g/mol. The summed E-state index contributed by atoms with van der Waals surface area (Å²) in [5.74, 6) is 1.69. The second-order valence-corrected chi connectivity index (χ2v) is 10.4. The minimum absolute atomic E-state index is 0.0334. The lowest BCUT2D eigenvalue weighted by atomic mass is 9.78. The summed E-state index contributed by atoms with van der Waals surface area (Å²) in [7, 11) is 0. The van der Waals surface area contributed by atoms with Crippen molar-refractivity contribution in [2.75, 3.05) is 18.8 Å². The van der Waals surface area contributed by atoms with E-state index in [-0.39, 0.29) is 24.9 Å². The predicted octanol–water partition coefficient (Wildman–Crippen LogP) is 2.50. The van der Waals surface area contributed by atoms with E-state index in [2.05, 4.69) is 34.2 Å². The topological polar surface area (TPSA) is 134 Å². The number of ether oxygens (including phenoxy) is 1. The molecular weight excluding hydrogens is 446 g/mol. The molecule has 1 aliphatic carbocycles. The Kier molecular flexibility index (Phi) is 6.01. The van der Waals surface area contributed by atoms with Gasteiger partial charge in [0.1, 0.15) is 11.4 Å². The smallest absolute Gasteiger partial charge is 0.246 e. The number of hydrogen-bond acceptors (Lipinski definition) is 8. The van der Waals surface area contributed by atoms with E-state index in [1.807, 2.05) is 13.8 Å². The Balaban J connectivity index is 1.27. The number of rotatable bonds is 3. The zero-order chi connectivity index (χ0) is 24.9. The number of nitrogens with two attached hydrogens (primary N) is 1. The minimum atomic E-state index is -0.834. The molecule has 3 aliphatic rings. The summed E-state index contributed by atoms with van der Waals surface area (Å²) in [6.07, 6.45) is 1.84. The number of likely N-dealkylation sites (tertiary alicyclic amines) is 1. The van der Waals surface area contributed by atoms with Gasteiger partial charge in [-0.05, 0) is 57.9 Å². The van der Waals surface area contributed by atoms with Crippen LogP contribution < -0.4 is 10.5 Å². The highest BCUT2D eigenvalue weighted by Crippen LogP contribution is 2.40. The molecular formula is C26H33N5O4. The molecule has 0 spiro atoms. The minimum Gasteiger partial charge on any atom is -0.463 e. The number of benzene rings is 1. The molecule has 186 valence electrons. The molecule has 1 aromatic carbocycles. The number of aliphatic imine (C=N–C) groups is 1. The van der Waals surface area contributed by atoms with Gasteiger partial charge in [-0.15, -0.1) is 0 Å². The third-order valence-electron chi connectivity index (χ3n) is 7.44. The Morgan fingerprint density at radius 1 is 1.06 bits per heavy atom. The number of anilines is 1. The van der Waals surface area contributed by atoms with Crippen LogP contribution in [0.2, 0.25) is 0 Å². The van der Waals surface area contributed by atoms with Gasteiger partial charge >= 0.3 is 0 Å². The normalized spacial score (nSPS) is 27.7. The molecule has 1 saturated carbocycles. The van der Waals surface area contributed by atoms with Crippen LogP contribution in [0.1, 0.15) is 62.4 Å². The van der Waals surface area contributed by atoms with Crippen LogP contribution in [-0.2, 0) is 4.79 Å². The van der Waals surface area contributed by atoms with E-state index in [0.29, 0.717) is 29.1 Å². The number of β-amino-alcohol motifs (C(OH)–C–C–N with tert-alkyl or cyclic N) is 2. The fraction of sp³-hybridized carbons (Fsp3) is 0.538. The number of hydrogen-bond donors (Lipinski definition) is 3. The number of amides is 1. The SMILES string of the molecule is Cc1nc(N)c2c(n1)OC(C)(C)C(c1ccc(C3CCC(C(=O)N4C[C@@H](O)[C@@H](O)C4)CC3)cc1)=N2. The largest absolute Gasteiger partial charge is 0.463 e. The van der Waals surface area contributed by atoms with Gasteiger partial charge in [-0.1, -0.05) is 24.3 Å². The number of carbonyl (C=O) groups excluding carboxylic acids is 1. The third kappa shape index (κ3) is 4.50. The molecule has 5 rings (SSSR count).